The Morgan fingerprint density at radius 2 is 1.71 bits per heavy atom. The van der Waals surface area contributed by atoms with E-state index in [-0.39, 0.29) is 5.91 Å². The minimum absolute atomic E-state index is 0.382. The fourth-order valence-corrected chi connectivity index (χ4v) is 1.52. The summed E-state index contributed by atoms with van der Waals surface area (Å²) in [5.74, 6) is -0.382. The maximum absolute atomic E-state index is 10.9. The predicted molar refractivity (Wildman–Crippen MR) is 57.2 cm³/mol. The van der Waals surface area contributed by atoms with Gasteiger partial charge in [0.15, 0.2) is 0 Å². The first-order chi connectivity index (χ1) is 6.66. The van der Waals surface area contributed by atoms with E-state index in [0.717, 1.165) is 10.8 Å². The van der Waals surface area contributed by atoms with Crippen LogP contribution in [0, 0.1) is 6.92 Å². The Balaban J connectivity index is 2.67. The lowest BCUT2D eigenvalue weighted by atomic mass is 10.0. The largest absolute Gasteiger partial charge is 0.366 e. The van der Waals surface area contributed by atoms with Crippen LogP contribution < -0.4 is 5.73 Å². The monoisotopic (exact) mass is 185 g/mol. The molecule has 0 bridgehead atoms. The second-order valence-electron chi connectivity index (χ2n) is 3.43. The van der Waals surface area contributed by atoms with Crippen molar-refractivity contribution in [1.29, 1.82) is 0 Å². The van der Waals surface area contributed by atoms with E-state index in [1.165, 1.54) is 5.56 Å². The minimum Gasteiger partial charge on any atom is -0.366 e. The van der Waals surface area contributed by atoms with Crippen LogP contribution in [0.1, 0.15) is 15.9 Å². The maximum atomic E-state index is 10.9. The molecule has 0 aliphatic rings. The molecule has 0 unspecified atom stereocenters. The number of hydrogen-bond donors (Lipinski definition) is 1. The maximum Gasteiger partial charge on any atom is 0.248 e. The summed E-state index contributed by atoms with van der Waals surface area (Å²) >= 11 is 0. The van der Waals surface area contributed by atoms with E-state index in [9.17, 15) is 4.79 Å². The molecule has 14 heavy (non-hydrogen) atoms. The summed E-state index contributed by atoms with van der Waals surface area (Å²) in [5.41, 5.74) is 6.96. The van der Waals surface area contributed by atoms with E-state index in [1.807, 2.05) is 31.2 Å². The third kappa shape index (κ3) is 1.46. The first-order valence-corrected chi connectivity index (χ1v) is 4.47. The number of fused-ring (bicyclic) bond motifs is 1. The van der Waals surface area contributed by atoms with Crippen LogP contribution in [0.5, 0.6) is 0 Å². The van der Waals surface area contributed by atoms with Gasteiger partial charge in [-0.25, -0.2) is 0 Å². The lowest BCUT2D eigenvalue weighted by Crippen LogP contribution is -2.10. The Bertz CT molecular complexity index is 503. The molecule has 0 aliphatic carbocycles. The van der Waals surface area contributed by atoms with Crippen molar-refractivity contribution in [2.75, 3.05) is 0 Å². The van der Waals surface area contributed by atoms with Gasteiger partial charge in [-0.05, 0) is 29.8 Å². The number of aryl methyl sites for hydroxylation is 1. The van der Waals surface area contributed by atoms with Gasteiger partial charge < -0.3 is 5.73 Å². The first-order valence-electron chi connectivity index (χ1n) is 4.47. The highest BCUT2D eigenvalue weighted by molar-refractivity contribution is 5.97. The van der Waals surface area contributed by atoms with Gasteiger partial charge in [0, 0.05) is 5.56 Å². The molecule has 0 spiro atoms. The van der Waals surface area contributed by atoms with Gasteiger partial charge >= 0.3 is 0 Å². The van der Waals surface area contributed by atoms with Gasteiger partial charge in [-0.1, -0.05) is 29.8 Å². The minimum atomic E-state index is -0.382. The third-order valence-corrected chi connectivity index (χ3v) is 2.28. The zero-order valence-electron chi connectivity index (χ0n) is 7.95. The van der Waals surface area contributed by atoms with Crippen LogP contribution in [-0.2, 0) is 0 Å². The Hall–Kier alpha value is -1.83. The molecule has 0 atom stereocenters. The highest BCUT2D eigenvalue weighted by Crippen LogP contribution is 2.17. The normalized spacial score (nSPS) is 10.4. The average molecular weight is 185 g/mol. The molecule has 0 aliphatic heterocycles. The van der Waals surface area contributed by atoms with Crippen molar-refractivity contribution in [1.82, 2.24) is 0 Å². The van der Waals surface area contributed by atoms with Crippen LogP contribution in [0.25, 0.3) is 10.8 Å². The van der Waals surface area contributed by atoms with Crippen molar-refractivity contribution in [3.05, 3.63) is 47.5 Å². The highest BCUT2D eigenvalue weighted by Gasteiger charge is 2.00. The van der Waals surface area contributed by atoms with Crippen molar-refractivity contribution < 1.29 is 4.79 Å². The zero-order valence-corrected chi connectivity index (χ0v) is 7.95. The zero-order chi connectivity index (χ0) is 10.1. The van der Waals surface area contributed by atoms with Gasteiger partial charge in [0.2, 0.25) is 5.91 Å². The molecule has 1 amide bonds. The molecule has 2 rings (SSSR count). The topological polar surface area (TPSA) is 43.1 Å². The smallest absolute Gasteiger partial charge is 0.248 e. The molecule has 0 aromatic heterocycles. The summed E-state index contributed by atoms with van der Waals surface area (Å²) in [7, 11) is 0. The van der Waals surface area contributed by atoms with Crippen LogP contribution >= 0.6 is 0 Å². The van der Waals surface area contributed by atoms with Crippen LogP contribution in [0.3, 0.4) is 0 Å². The molecule has 0 fully saturated rings. The summed E-state index contributed by atoms with van der Waals surface area (Å²) < 4.78 is 0. The van der Waals surface area contributed by atoms with Crippen LogP contribution in [0.15, 0.2) is 36.4 Å². The van der Waals surface area contributed by atoms with Crippen LogP contribution in [0.4, 0.5) is 0 Å². The number of nitrogens with two attached hydrogens (primary N) is 1. The molecule has 2 heteroatoms. The average Bonchev–Trinajstić information content (AvgIpc) is 2.16. The first kappa shape index (κ1) is 8.75. The summed E-state index contributed by atoms with van der Waals surface area (Å²) in [6, 6.07) is 11.6. The van der Waals surface area contributed by atoms with E-state index in [1.54, 1.807) is 6.07 Å². The van der Waals surface area contributed by atoms with Gasteiger partial charge in [0.25, 0.3) is 0 Å². The van der Waals surface area contributed by atoms with E-state index < -0.39 is 0 Å². The molecule has 2 aromatic carbocycles. The van der Waals surface area contributed by atoms with Crippen molar-refractivity contribution in [2.45, 2.75) is 6.92 Å². The molecule has 2 nitrogen and oxygen atoms in total. The van der Waals surface area contributed by atoms with Gasteiger partial charge in [0.1, 0.15) is 0 Å². The predicted octanol–water partition coefficient (Wildman–Crippen LogP) is 2.25. The second kappa shape index (κ2) is 3.14. The van der Waals surface area contributed by atoms with Crippen molar-refractivity contribution >= 4 is 16.7 Å². The molecule has 2 aromatic rings. The summed E-state index contributed by atoms with van der Waals surface area (Å²) in [6.07, 6.45) is 0. The number of rotatable bonds is 1. The quantitative estimate of drug-likeness (QED) is 0.727. The Morgan fingerprint density at radius 1 is 1.07 bits per heavy atom. The van der Waals surface area contributed by atoms with Crippen molar-refractivity contribution in [3.8, 4) is 0 Å². The van der Waals surface area contributed by atoms with Gasteiger partial charge in [0.05, 0.1) is 0 Å². The Morgan fingerprint density at radius 3 is 2.43 bits per heavy atom. The number of amides is 1. The van der Waals surface area contributed by atoms with Crippen molar-refractivity contribution in [3.63, 3.8) is 0 Å². The lowest BCUT2D eigenvalue weighted by molar-refractivity contribution is 0.100. The number of primary amides is 1. The lowest BCUT2D eigenvalue weighted by Gasteiger charge is -2.01. The van der Waals surface area contributed by atoms with Crippen molar-refractivity contribution in [2.24, 2.45) is 5.73 Å². The number of carbonyl (C=O) groups excluding carboxylic acids is 1. The molecule has 0 saturated carbocycles. The Kier molecular flexibility index (Phi) is 1.97. The highest BCUT2D eigenvalue weighted by atomic mass is 16.1. The number of carbonyl (C=O) groups is 1. The number of benzene rings is 2. The van der Waals surface area contributed by atoms with Crippen LogP contribution in [0.2, 0.25) is 0 Å². The van der Waals surface area contributed by atoms with E-state index in [4.69, 9.17) is 5.73 Å². The summed E-state index contributed by atoms with van der Waals surface area (Å²) in [5, 5.41) is 2.18. The molecule has 2 N–H and O–H groups in total. The molecule has 0 saturated heterocycles. The van der Waals surface area contributed by atoms with Gasteiger partial charge in [-0.2, -0.15) is 0 Å². The molecule has 0 heterocycles. The molecule has 70 valence electrons. The number of hydrogen-bond acceptors (Lipinski definition) is 1. The van der Waals surface area contributed by atoms with E-state index >= 15 is 0 Å². The SMILES string of the molecule is Cc1ccc2cc(C(N)=O)ccc2c1. The standard InChI is InChI=1S/C12H11NO/c1-8-2-3-10-7-11(12(13)14)5-4-9(10)6-8/h2-7H,1H3,(H2,13,14). The van der Waals surface area contributed by atoms with Gasteiger partial charge in [-0.15, -0.1) is 0 Å². The molecular weight excluding hydrogens is 174 g/mol. The fraction of sp³-hybridized carbons (Fsp3) is 0.0833. The third-order valence-electron chi connectivity index (χ3n) is 2.28. The Labute approximate surface area is 82.3 Å². The fourth-order valence-electron chi connectivity index (χ4n) is 1.52. The van der Waals surface area contributed by atoms with Gasteiger partial charge in [-0.3, -0.25) is 4.79 Å². The second-order valence-corrected chi connectivity index (χ2v) is 3.43. The summed E-state index contributed by atoms with van der Waals surface area (Å²) in [4.78, 5) is 10.9. The molecular formula is C12H11NO. The van der Waals surface area contributed by atoms with E-state index in [0.29, 0.717) is 5.56 Å². The van der Waals surface area contributed by atoms with E-state index in [2.05, 4.69) is 6.07 Å². The van der Waals surface area contributed by atoms with Crippen LogP contribution in [-0.4, -0.2) is 5.91 Å². The summed E-state index contributed by atoms with van der Waals surface area (Å²) in [6.45, 7) is 2.04. The molecule has 0 radical (unpaired) electrons.